The van der Waals surface area contributed by atoms with Gasteiger partial charge in [-0.2, -0.15) is 0 Å². The summed E-state index contributed by atoms with van der Waals surface area (Å²) in [4.78, 5) is 24.5. The number of nitrogens with zero attached hydrogens (tertiary/aromatic N) is 1. The Morgan fingerprint density at radius 3 is 2.67 bits per heavy atom. The van der Waals surface area contributed by atoms with Crippen LogP contribution in [-0.2, 0) is 4.79 Å². The highest BCUT2D eigenvalue weighted by Gasteiger charge is 2.31. The van der Waals surface area contributed by atoms with Crippen molar-refractivity contribution in [1.29, 1.82) is 0 Å². The molecule has 1 atom stereocenters. The molecule has 0 bridgehead atoms. The molecular weight excluding hydrogens is 277 g/mol. The summed E-state index contributed by atoms with van der Waals surface area (Å²) in [7, 11) is 0. The number of benzene rings is 1. The SMILES string of the molecule is O=C(O)[C@@H]1CCN(C(=O)c2cc(Cl)ccc2Cl)C1. The molecule has 1 fully saturated rings. The molecule has 18 heavy (non-hydrogen) atoms. The van der Waals surface area contributed by atoms with Gasteiger partial charge in [0, 0.05) is 18.1 Å². The van der Waals surface area contributed by atoms with Crippen LogP contribution in [0.4, 0.5) is 0 Å². The van der Waals surface area contributed by atoms with Crippen LogP contribution in [0.25, 0.3) is 0 Å². The molecule has 4 nitrogen and oxygen atoms in total. The van der Waals surface area contributed by atoms with Crippen LogP contribution < -0.4 is 0 Å². The van der Waals surface area contributed by atoms with Crippen molar-refractivity contribution < 1.29 is 14.7 Å². The minimum absolute atomic E-state index is 0.219. The van der Waals surface area contributed by atoms with Crippen molar-refractivity contribution >= 4 is 35.1 Å². The first kappa shape index (κ1) is 13.2. The van der Waals surface area contributed by atoms with E-state index in [1.165, 1.54) is 11.0 Å². The van der Waals surface area contributed by atoms with Gasteiger partial charge in [-0.25, -0.2) is 0 Å². The molecule has 1 heterocycles. The topological polar surface area (TPSA) is 57.6 Å². The summed E-state index contributed by atoms with van der Waals surface area (Å²) >= 11 is 11.8. The number of halogens is 2. The second kappa shape index (κ2) is 5.16. The van der Waals surface area contributed by atoms with Gasteiger partial charge in [-0.3, -0.25) is 9.59 Å². The first-order valence-corrected chi connectivity index (χ1v) is 6.22. The molecule has 1 aromatic carbocycles. The van der Waals surface area contributed by atoms with Crippen molar-refractivity contribution in [2.45, 2.75) is 6.42 Å². The first-order valence-electron chi connectivity index (χ1n) is 5.46. The van der Waals surface area contributed by atoms with Crippen LogP contribution in [0.5, 0.6) is 0 Å². The summed E-state index contributed by atoms with van der Waals surface area (Å²) in [5.74, 6) is -1.64. The van der Waals surface area contributed by atoms with E-state index in [0.29, 0.717) is 28.6 Å². The van der Waals surface area contributed by atoms with Crippen LogP contribution in [0, 0.1) is 5.92 Å². The highest BCUT2D eigenvalue weighted by atomic mass is 35.5. The zero-order chi connectivity index (χ0) is 13.3. The third kappa shape index (κ3) is 2.60. The fraction of sp³-hybridized carbons (Fsp3) is 0.333. The van der Waals surface area contributed by atoms with Crippen molar-refractivity contribution in [3.63, 3.8) is 0 Å². The molecule has 1 aliphatic heterocycles. The second-order valence-electron chi connectivity index (χ2n) is 4.20. The van der Waals surface area contributed by atoms with Gasteiger partial charge in [0.2, 0.25) is 0 Å². The lowest BCUT2D eigenvalue weighted by atomic mass is 10.1. The van der Waals surface area contributed by atoms with Crippen LogP contribution in [0.1, 0.15) is 16.8 Å². The molecule has 0 saturated carbocycles. The Labute approximate surface area is 114 Å². The highest BCUT2D eigenvalue weighted by Crippen LogP contribution is 2.25. The molecular formula is C12H11Cl2NO3. The average Bonchev–Trinajstić information content (AvgIpc) is 2.81. The molecule has 0 aliphatic carbocycles. The van der Waals surface area contributed by atoms with E-state index >= 15 is 0 Å². The lowest BCUT2D eigenvalue weighted by molar-refractivity contribution is -0.141. The van der Waals surface area contributed by atoms with Crippen LogP contribution in [0.15, 0.2) is 18.2 Å². The fourth-order valence-electron chi connectivity index (χ4n) is 1.98. The zero-order valence-corrected chi connectivity index (χ0v) is 10.9. The van der Waals surface area contributed by atoms with Gasteiger partial charge < -0.3 is 10.0 Å². The van der Waals surface area contributed by atoms with Gasteiger partial charge in [0.05, 0.1) is 16.5 Å². The van der Waals surface area contributed by atoms with E-state index in [-0.39, 0.29) is 12.5 Å². The van der Waals surface area contributed by atoms with E-state index in [1.807, 2.05) is 0 Å². The average molecular weight is 288 g/mol. The summed E-state index contributed by atoms with van der Waals surface area (Å²) in [6, 6.07) is 4.66. The molecule has 6 heteroatoms. The number of rotatable bonds is 2. The highest BCUT2D eigenvalue weighted by molar-refractivity contribution is 6.35. The van der Waals surface area contributed by atoms with E-state index in [2.05, 4.69) is 0 Å². The number of aliphatic carboxylic acids is 1. The molecule has 1 saturated heterocycles. The van der Waals surface area contributed by atoms with E-state index in [0.717, 1.165) is 0 Å². The molecule has 1 N–H and O–H groups in total. The van der Waals surface area contributed by atoms with Gasteiger partial charge in [0.25, 0.3) is 5.91 Å². The van der Waals surface area contributed by atoms with Crippen molar-refractivity contribution in [2.75, 3.05) is 13.1 Å². The predicted octanol–water partition coefficient (Wildman–Crippen LogP) is 2.54. The molecule has 0 unspecified atom stereocenters. The molecule has 1 aliphatic rings. The van der Waals surface area contributed by atoms with Crippen LogP contribution >= 0.6 is 23.2 Å². The smallest absolute Gasteiger partial charge is 0.308 e. The molecule has 1 amide bonds. The fourth-order valence-corrected chi connectivity index (χ4v) is 2.35. The van der Waals surface area contributed by atoms with Crippen molar-refractivity contribution in [3.8, 4) is 0 Å². The normalized spacial score (nSPS) is 19.0. The standard InChI is InChI=1S/C12H11Cl2NO3/c13-8-1-2-10(14)9(5-8)11(16)15-4-3-7(6-15)12(17)18/h1-2,5,7H,3-4,6H2,(H,17,18)/t7-/m1/s1. The minimum atomic E-state index is -0.873. The van der Waals surface area contributed by atoms with Crippen molar-refractivity contribution in [2.24, 2.45) is 5.92 Å². The van der Waals surface area contributed by atoms with E-state index < -0.39 is 11.9 Å². The molecule has 96 valence electrons. The molecule has 0 radical (unpaired) electrons. The van der Waals surface area contributed by atoms with Gasteiger partial charge in [-0.15, -0.1) is 0 Å². The zero-order valence-electron chi connectivity index (χ0n) is 9.40. The number of likely N-dealkylation sites (tertiary alicyclic amines) is 1. The Balaban J connectivity index is 2.17. The van der Waals surface area contributed by atoms with Crippen LogP contribution in [0.2, 0.25) is 10.0 Å². The number of carboxylic acid groups (broad SMARTS) is 1. The van der Waals surface area contributed by atoms with Gasteiger partial charge >= 0.3 is 5.97 Å². The summed E-state index contributed by atoms with van der Waals surface area (Å²) in [5.41, 5.74) is 0.315. The second-order valence-corrected chi connectivity index (χ2v) is 5.04. The number of carboxylic acids is 1. The molecule has 2 rings (SSSR count). The van der Waals surface area contributed by atoms with Crippen LogP contribution in [-0.4, -0.2) is 35.0 Å². The Bertz CT molecular complexity index is 504. The van der Waals surface area contributed by atoms with Crippen molar-refractivity contribution in [1.82, 2.24) is 4.90 Å². The number of carbonyl (C=O) groups excluding carboxylic acids is 1. The van der Waals surface area contributed by atoms with Gasteiger partial charge in [-0.05, 0) is 24.6 Å². The van der Waals surface area contributed by atoms with Gasteiger partial charge in [-0.1, -0.05) is 23.2 Å². The molecule has 0 aromatic heterocycles. The third-order valence-electron chi connectivity index (χ3n) is 2.98. The molecule has 1 aromatic rings. The summed E-state index contributed by atoms with van der Waals surface area (Å²) in [6.07, 6.45) is 0.471. The van der Waals surface area contributed by atoms with E-state index in [4.69, 9.17) is 28.3 Å². The monoisotopic (exact) mass is 287 g/mol. The maximum atomic E-state index is 12.2. The Morgan fingerprint density at radius 1 is 1.33 bits per heavy atom. The first-order chi connectivity index (χ1) is 8.49. The van der Waals surface area contributed by atoms with Crippen LogP contribution in [0.3, 0.4) is 0 Å². The Morgan fingerprint density at radius 2 is 2.06 bits per heavy atom. The number of hydrogen-bond donors (Lipinski definition) is 1. The summed E-state index contributed by atoms with van der Waals surface area (Å²) in [5, 5.41) is 9.65. The Hall–Kier alpha value is -1.26. The van der Waals surface area contributed by atoms with Crippen molar-refractivity contribution in [3.05, 3.63) is 33.8 Å². The lowest BCUT2D eigenvalue weighted by Gasteiger charge is -2.16. The number of amides is 1. The minimum Gasteiger partial charge on any atom is -0.481 e. The summed E-state index contributed by atoms with van der Waals surface area (Å²) in [6.45, 7) is 0.648. The predicted molar refractivity (Wildman–Crippen MR) is 68.1 cm³/mol. The number of carbonyl (C=O) groups is 2. The summed E-state index contributed by atoms with van der Waals surface area (Å²) < 4.78 is 0. The van der Waals surface area contributed by atoms with Gasteiger partial charge in [0.1, 0.15) is 0 Å². The Kier molecular flexibility index (Phi) is 3.78. The van der Waals surface area contributed by atoms with E-state index in [9.17, 15) is 9.59 Å². The maximum Gasteiger partial charge on any atom is 0.308 e. The van der Waals surface area contributed by atoms with Gasteiger partial charge in [0.15, 0.2) is 0 Å². The number of hydrogen-bond acceptors (Lipinski definition) is 2. The largest absolute Gasteiger partial charge is 0.481 e. The third-order valence-corrected chi connectivity index (χ3v) is 3.55. The van der Waals surface area contributed by atoms with E-state index in [1.54, 1.807) is 12.1 Å². The quantitative estimate of drug-likeness (QED) is 0.909. The maximum absolute atomic E-state index is 12.2. The molecule has 0 spiro atoms. The lowest BCUT2D eigenvalue weighted by Crippen LogP contribution is -2.30.